The third-order valence-electron chi connectivity index (χ3n) is 2.00. The van der Waals surface area contributed by atoms with Gasteiger partial charge in [0.1, 0.15) is 5.82 Å². The summed E-state index contributed by atoms with van der Waals surface area (Å²) >= 11 is 12.8. The van der Waals surface area contributed by atoms with Gasteiger partial charge in [0.05, 0.1) is 4.47 Å². The van der Waals surface area contributed by atoms with Gasteiger partial charge in [0.25, 0.3) is 0 Å². The average molecular weight is 356 g/mol. The fourth-order valence-corrected chi connectivity index (χ4v) is 2.33. The second kappa shape index (κ2) is 6.71. The molecular formula is C10H13Br2ClN2. The third kappa shape index (κ3) is 4.70. The van der Waals surface area contributed by atoms with Crippen LogP contribution in [0.3, 0.4) is 0 Å². The predicted molar refractivity (Wildman–Crippen MR) is 72.7 cm³/mol. The topological polar surface area (TPSA) is 24.9 Å². The van der Waals surface area contributed by atoms with Gasteiger partial charge in [-0.25, -0.2) is 4.98 Å². The number of anilines is 1. The highest BCUT2D eigenvalue weighted by Gasteiger charge is 2.03. The summed E-state index contributed by atoms with van der Waals surface area (Å²) in [6, 6.07) is 1.97. The lowest BCUT2D eigenvalue weighted by molar-refractivity contribution is 0.751. The van der Waals surface area contributed by atoms with E-state index in [-0.39, 0.29) is 5.38 Å². The Morgan fingerprint density at radius 3 is 2.87 bits per heavy atom. The number of nitrogens with zero attached hydrogens (tertiary/aromatic N) is 1. The molecule has 0 amide bonds. The minimum Gasteiger partial charge on any atom is -0.369 e. The summed E-state index contributed by atoms with van der Waals surface area (Å²) < 4.78 is 1.92. The highest BCUT2D eigenvalue weighted by Crippen LogP contribution is 2.23. The maximum atomic E-state index is 6.02. The maximum Gasteiger partial charge on any atom is 0.140 e. The highest BCUT2D eigenvalue weighted by atomic mass is 79.9. The summed E-state index contributed by atoms with van der Waals surface area (Å²) in [5.41, 5.74) is 0. The van der Waals surface area contributed by atoms with Gasteiger partial charge in [-0.05, 0) is 50.8 Å². The molecule has 0 aliphatic heterocycles. The molecule has 0 aromatic carbocycles. The van der Waals surface area contributed by atoms with Crippen LogP contribution >= 0.6 is 43.5 Å². The number of aromatic nitrogens is 1. The Morgan fingerprint density at radius 1 is 1.53 bits per heavy atom. The molecule has 1 unspecified atom stereocenters. The lowest BCUT2D eigenvalue weighted by Crippen LogP contribution is -2.09. The van der Waals surface area contributed by atoms with Crippen LogP contribution in [0.1, 0.15) is 19.8 Å². The van der Waals surface area contributed by atoms with Crippen molar-refractivity contribution in [2.75, 3.05) is 11.9 Å². The molecular weight excluding hydrogens is 343 g/mol. The first-order valence-electron chi connectivity index (χ1n) is 4.82. The van der Waals surface area contributed by atoms with Crippen LogP contribution in [0.25, 0.3) is 0 Å². The van der Waals surface area contributed by atoms with Gasteiger partial charge in [-0.3, -0.25) is 0 Å². The Balaban J connectivity index is 2.44. The standard InChI is InChI=1S/C10H13Br2ClN2/c1-2-8(13)3-4-14-10-9(12)5-7(11)6-15-10/h5-6,8H,2-4H2,1H3,(H,14,15). The first kappa shape index (κ1) is 13.3. The van der Waals surface area contributed by atoms with Crippen molar-refractivity contribution < 1.29 is 0 Å². The maximum absolute atomic E-state index is 6.02. The molecule has 0 aliphatic rings. The normalized spacial score (nSPS) is 12.5. The van der Waals surface area contributed by atoms with E-state index in [4.69, 9.17) is 11.6 Å². The van der Waals surface area contributed by atoms with Gasteiger partial charge >= 0.3 is 0 Å². The molecule has 0 spiro atoms. The van der Waals surface area contributed by atoms with Crippen LogP contribution in [0.2, 0.25) is 0 Å². The second-order valence-corrected chi connectivity index (χ2v) is 5.59. The SMILES string of the molecule is CCC(Cl)CCNc1ncc(Br)cc1Br. The van der Waals surface area contributed by atoms with Crippen molar-refractivity contribution in [2.24, 2.45) is 0 Å². The van der Waals surface area contributed by atoms with Crippen molar-refractivity contribution in [3.05, 3.63) is 21.2 Å². The molecule has 1 heterocycles. The Morgan fingerprint density at radius 2 is 2.27 bits per heavy atom. The monoisotopic (exact) mass is 354 g/mol. The predicted octanol–water partition coefficient (Wildman–Crippen LogP) is 4.43. The van der Waals surface area contributed by atoms with Gasteiger partial charge in [0.15, 0.2) is 0 Å². The number of alkyl halides is 1. The zero-order valence-corrected chi connectivity index (χ0v) is 12.4. The van der Waals surface area contributed by atoms with Crippen molar-refractivity contribution in [2.45, 2.75) is 25.1 Å². The number of pyridine rings is 1. The van der Waals surface area contributed by atoms with Crippen LogP contribution < -0.4 is 5.32 Å². The Kier molecular flexibility index (Phi) is 5.94. The first-order valence-corrected chi connectivity index (χ1v) is 6.84. The van der Waals surface area contributed by atoms with Crippen molar-refractivity contribution in [1.29, 1.82) is 0 Å². The van der Waals surface area contributed by atoms with Gasteiger partial charge in [0, 0.05) is 22.6 Å². The fourth-order valence-electron chi connectivity index (χ4n) is 1.10. The summed E-state index contributed by atoms with van der Waals surface area (Å²) in [6.07, 6.45) is 3.71. The lowest BCUT2D eigenvalue weighted by atomic mass is 10.2. The molecule has 0 saturated carbocycles. The van der Waals surface area contributed by atoms with Crippen LogP contribution in [-0.2, 0) is 0 Å². The van der Waals surface area contributed by atoms with Crippen molar-refractivity contribution in [3.8, 4) is 0 Å². The molecule has 1 rings (SSSR count). The molecule has 0 radical (unpaired) electrons. The molecule has 2 nitrogen and oxygen atoms in total. The number of hydrogen-bond donors (Lipinski definition) is 1. The van der Waals surface area contributed by atoms with Crippen LogP contribution in [0.5, 0.6) is 0 Å². The molecule has 0 bridgehead atoms. The molecule has 1 aromatic rings. The van der Waals surface area contributed by atoms with Crippen molar-refractivity contribution >= 4 is 49.3 Å². The summed E-state index contributed by atoms with van der Waals surface area (Å²) in [5.74, 6) is 0.859. The minimum atomic E-state index is 0.242. The average Bonchev–Trinajstić information content (AvgIpc) is 2.21. The van der Waals surface area contributed by atoms with E-state index in [0.717, 1.165) is 34.1 Å². The number of rotatable bonds is 5. The van der Waals surface area contributed by atoms with E-state index >= 15 is 0 Å². The van der Waals surface area contributed by atoms with Crippen LogP contribution in [0, 0.1) is 0 Å². The van der Waals surface area contributed by atoms with Gasteiger partial charge in [-0.15, -0.1) is 11.6 Å². The molecule has 0 fully saturated rings. The Labute approximate surface area is 112 Å². The highest BCUT2D eigenvalue weighted by molar-refractivity contribution is 9.11. The zero-order chi connectivity index (χ0) is 11.3. The summed E-state index contributed by atoms with van der Waals surface area (Å²) in [4.78, 5) is 4.25. The Hall–Kier alpha value is 0.200. The van der Waals surface area contributed by atoms with Crippen LogP contribution in [-0.4, -0.2) is 16.9 Å². The van der Waals surface area contributed by atoms with Gasteiger partial charge in [-0.1, -0.05) is 6.92 Å². The number of halogens is 3. The van der Waals surface area contributed by atoms with Gasteiger partial charge in [-0.2, -0.15) is 0 Å². The summed E-state index contributed by atoms with van der Waals surface area (Å²) in [7, 11) is 0. The second-order valence-electron chi connectivity index (χ2n) is 3.20. The molecule has 5 heteroatoms. The van der Waals surface area contributed by atoms with Crippen LogP contribution in [0.15, 0.2) is 21.2 Å². The number of hydrogen-bond acceptors (Lipinski definition) is 2. The lowest BCUT2D eigenvalue weighted by Gasteiger charge is -2.09. The van der Waals surface area contributed by atoms with E-state index in [1.54, 1.807) is 6.20 Å². The van der Waals surface area contributed by atoms with Crippen molar-refractivity contribution in [3.63, 3.8) is 0 Å². The molecule has 15 heavy (non-hydrogen) atoms. The van der Waals surface area contributed by atoms with E-state index in [1.807, 2.05) is 6.07 Å². The summed E-state index contributed by atoms with van der Waals surface area (Å²) in [6.45, 7) is 2.93. The zero-order valence-electron chi connectivity index (χ0n) is 8.43. The van der Waals surface area contributed by atoms with E-state index in [0.29, 0.717) is 0 Å². The van der Waals surface area contributed by atoms with E-state index < -0.39 is 0 Å². The largest absolute Gasteiger partial charge is 0.369 e. The molecule has 1 N–H and O–H groups in total. The van der Waals surface area contributed by atoms with Crippen molar-refractivity contribution in [1.82, 2.24) is 4.98 Å². The Bertz CT molecular complexity index is 320. The smallest absolute Gasteiger partial charge is 0.140 e. The minimum absolute atomic E-state index is 0.242. The first-order chi connectivity index (χ1) is 7.13. The molecule has 1 atom stereocenters. The summed E-state index contributed by atoms with van der Waals surface area (Å²) in [5, 5.41) is 3.48. The molecule has 0 saturated heterocycles. The van der Waals surface area contributed by atoms with Gasteiger partial charge in [0.2, 0.25) is 0 Å². The fraction of sp³-hybridized carbons (Fsp3) is 0.500. The molecule has 1 aromatic heterocycles. The van der Waals surface area contributed by atoms with E-state index in [1.165, 1.54) is 0 Å². The van der Waals surface area contributed by atoms with E-state index in [9.17, 15) is 0 Å². The molecule has 84 valence electrons. The third-order valence-corrected chi connectivity index (χ3v) is 3.57. The molecule has 0 aliphatic carbocycles. The van der Waals surface area contributed by atoms with Gasteiger partial charge < -0.3 is 5.32 Å². The quantitative estimate of drug-likeness (QED) is 0.790. The number of nitrogens with one attached hydrogen (secondary N) is 1. The van der Waals surface area contributed by atoms with E-state index in [2.05, 4.69) is 49.1 Å². The van der Waals surface area contributed by atoms with Crippen LogP contribution in [0.4, 0.5) is 5.82 Å².